The molecule has 1 aromatic heterocycles. The van der Waals surface area contributed by atoms with Crippen molar-refractivity contribution in [3.05, 3.63) is 39.4 Å². The van der Waals surface area contributed by atoms with Crippen molar-refractivity contribution in [1.29, 1.82) is 0 Å². The summed E-state index contributed by atoms with van der Waals surface area (Å²) in [6.45, 7) is 1.95. The fourth-order valence-corrected chi connectivity index (χ4v) is 2.85. The Kier molecular flexibility index (Phi) is 4.21. The van der Waals surface area contributed by atoms with Crippen LogP contribution in [0, 0.1) is 5.82 Å². The summed E-state index contributed by atoms with van der Waals surface area (Å²) in [6.07, 6.45) is 0. The Bertz CT molecular complexity index is 627. The molecule has 0 amide bonds. The first kappa shape index (κ1) is 14.0. The van der Waals surface area contributed by atoms with Gasteiger partial charge in [-0.1, -0.05) is 15.9 Å². The molecular formula is C13H11BrFNO2S. The fraction of sp³-hybridized carbons (Fsp3) is 0.154. The predicted octanol–water partition coefficient (Wildman–Crippen LogP) is 4.08. The van der Waals surface area contributed by atoms with Gasteiger partial charge in [0, 0.05) is 21.0 Å². The van der Waals surface area contributed by atoms with Gasteiger partial charge in [-0.2, -0.15) is 0 Å². The molecule has 100 valence electrons. The molecular weight excluding hydrogens is 333 g/mol. The van der Waals surface area contributed by atoms with Crippen molar-refractivity contribution in [2.75, 3.05) is 12.3 Å². The molecule has 3 nitrogen and oxygen atoms in total. The van der Waals surface area contributed by atoms with E-state index in [1.54, 1.807) is 24.4 Å². The smallest absolute Gasteiger partial charge is 0.341 e. The van der Waals surface area contributed by atoms with Crippen molar-refractivity contribution in [3.63, 3.8) is 0 Å². The summed E-state index contributed by atoms with van der Waals surface area (Å²) >= 11 is 4.47. The largest absolute Gasteiger partial charge is 0.462 e. The molecule has 0 radical (unpaired) electrons. The Hall–Kier alpha value is -1.40. The minimum atomic E-state index is -0.532. The van der Waals surface area contributed by atoms with Crippen LogP contribution >= 0.6 is 27.3 Å². The van der Waals surface area contributed by atoms with Gasteiger partial charge in [0.25, 0.3) is 0 Å². The zero-order valence-electron chi connectivity index (χ0n) is 10.1. The number of carbonyl (C=O) groups excluding carboxylic acids is 1. The predicted molar refractivity (Wildman–Crippen MR) is 77.8 cm³/mol. The van der Waals surface area contributed by atoms with Gasteiger partial charge in [-0.3, -0.25) is 0 Å². The fourth-order valence-electron chi connectivity index (χ4n) is 1.69. The van der Waals surface area contributed by atoms with E-state index in [1.807, 2.05) is 0 Å². The lowest BCUT2D eigenvalue weighted by Crippen LogP contribution is -2.07. The van der Waals surface area contributed by atoms with Gasteiger partial charge in [0.1, 0.15) is 16.4 Å². The van der Waals surface area contributed by atoms with Crippen LogP contribution in [0.5, 0.6) is 0 Å². The van der Waals surface area contributed by atoms with Crippen molar-refractivity contribution in [1.82, 2.24) is 0 Å². The number of esters is 1. The van der Waals surface area contributed by atoms with Gasteiger partial charge in [0.2, 0.25) is 0 Å². The summed E-state index contributed by atoms with van der Waals surface area (Å²) in [6, 6.07) is 4.54. The van der Waals surface area contributed by atoms with Gasteiger partial charge in [0.05, 0.1) is 6.61 Å². The standard InChI is InChI=1S/C13H11BrFNO2S/c1-2-18-13(17)11-9(6-19-12(11)16)8-5-7(14)3-4-10(8)15/h3-6H,2,16H2,1H3. The molecule has 6 heteroatoms. The van der Waals surface area contributed by atoms with Gasteiger partial charge in [-0.15, -0.1) is 11.3 Å². The second kappa shape index (κ2) is 5.71. The summed E-state index contributed by atoms with van der Waals surface area (Å²) < 4.78 is 19.6. The van der Waals surface area contributed by atoms with Gasteiger partial charge in [-0.05, 0) is 25.1 Å². The molecule has 2 rings (SSSR count). The van der Waals surface area contributed by atoms with Crippen LogP contribution in [0.15, 0.2) is 28.1 Å². The van der Waals surface area contributed by atoms with E-state index in [2.05, 4.69) is 15.9 Å². The molecule has 0 fully saturated rings. The first-order valence-electron chi connectivity index (χ1n) is 5.54. The summed E-state index contributed by atoms with van der Waals surface area (Å²) in [7, 11) is 0. The molecule has 2 aromatic rings. The number of nitrogens with two attached hydrogens (primary N) is 1. The Morgan fingerprint density at radius 3 is 2.89 bits per heavy atom. The van der Waals surface area contributed by atoms with Crippen molar-refractivity contribution in [2.24, 2.45) is 0 Å². The summed E-state index contributed by atoms with van der Waals surface area (Å²) in [5.41, 5.74) is 6.79. The molecule has 0 unspecified atom stereocenters. The molecule has 0 bridgehead atoms. The average Bonchev–Trinajstić information content (AvgIpc) is 2.74. The van der Waals surface area contributed by atoms with E-state index in [9.17, 15) is 9.18 Å². The van der Waals surface area contributed by atoms with Crippen LogP contribution in [-0.4, -0.2) is 12.6 Å². The number of carbonyl (C=O) groups is 1. The van der Waals surface area contributed by atoms with E-state index in [-0.39, 0.29) is 12.2 Å². The second-order valence-corrected chi connectivity index (χ2v) is 5.56. The van der Waals surface area contributed by atoms with Crippen LogP contribution in [0.3, 0.4) is 0 Å². The average molecular weight is 344 g/mol. The molecule has 0 aliphatic rings. The maximum atomic E-state index is 13.9. The second-order valence-electron chi connectivity index (χ2n) is 3.73. The van der Waals surface area contributed by atoms with Crippen LogP contribution in [0.1, 0.15) is 17.3 Å². The number of rotatable bonds is 3. The number of thiophene rings is 1. The molecule has 0 atom stereocenters. The first-order valence-corrected chi connectivity index (χ1v) is 7.21. The number of hydrogen-bond donors (Lipinski definition) is 1. The van der Waals surface area contributed by atoms with E-state index in [0.717, 1.165) is 4.47 Å². The Balaban J connectivity index is 2.57. The van der Waals surface area contributed by atoms with Crippen LogP contribution < -0.4 is 5.73 Å². The van der Waals surface area contributed by atoms with Gasteiger partial charge >= 0.3 is 5.97 Å². The molecule has 0 spiro atoms. The number of benzene rings is 1. The minimum Gasteiger partial charge on any atom is -0.462 e. The zero-order valence-corrected chi connectivity index (χ0v) is 12.5. The number of halogens is 2. The molecule has 19 heavy (non-hydrogen) atoms. The van der Waals surface area contributed by atoms with E-state index in [4.69, 9.17) is 10.5 Å². The molecule has 2 N–H and O–H groups in total. The number of anilines is 1. The monoisotopic (exact) mass is 343 g/mol. The lowest BCUT2D eigenvalue weighted by atomic mass is 10.0. The topological polar surface area (TPSA) is 52.3 Å². The van der Waals surface area contributed by atoms with E-state index in [0.29, 0.717) is 16.1 Å². The third kappa shape index (κ3) is 2.79. The SMILES string of the molecule is CCOC(=O)c1c(-c2cc(Br)ccc2F)csc1N. The van der Waals surface area contributed by atoms with Crippen LogP contribution in [-0.2, 0) is 4.74 Å². The lowest BCUT2D eigenvalue weighted by molar-refractivity contribution is 0.0529. The lowest BCUT2D eigenvalue weighted by Gasteiger charge is -2.07. The molecule has 0 saturated heterocycles. The van der Waals surface area contributed by atoms with Crippen LogP contribution in [0.2, 0.25) is 0 Å². The molecule has 1 heterocycles. The van der Waals surface area contributed by atoms with Crippen molar-refractivity contribution in [3.8, 4) is 11.1 Å². The third-order valence-electron chi connectivity index (χ3n) is 2.52. The Morgan fingerprint density at radius 1 is 1.47 bits per heavy atom. The van der Waals surface area contributed by atoms with Crippen molar-refractivity contribution < 1.29 is 13.9 Å². The highest BCUT2D eigenvalue weighted by Crippen LogP contribution is 2.36. The van der Waals surface area contributed by atoms with E-state index < -0.39 is 11.8 Å². The van der Waals surface area contributed by atoms with Crippen LogP contribution in [0.25, 0.3) is 11.1 Å². The summed E-state index contributed by atoms with van der Waals surface area (Å²) in [4.78, 5) is 11.9. The maximum Gasteiger partial charge on any atom is 0.341 e. The Morgan fingerprint density at radius 2 is 2.21 bits per heavy atom. The number of hydrogen-bond acceptors (Lipinski definition) is 4. The van der Waals surface area contributed by atoms with E-state index >= 15 is 0 Å². The third-order valence-corrected chi connectivity index (χ3v) is 3.82. The molecule has 1 aromatic carbocycles. The summed E-state index contributed by atoms with van der Waals surface area (Å²) in [5, 5.41) is 1.99. The van der Waals surface area contributed by atoms with Crippen molar-refractivity contribution in [2.45, 2.75) is 6.92 Å². The highest BCUT2D eigenvalue weighted by atomic mass is 79.9. The van der Waals surface area contributed by atoms with Gasteiger partial charge in [-0.25, -0.2) is 9.18 Å². The van der Waals surface area contributed by atoms with Gasteiger partial charge < -0.3 is 10.5 Å². The van der Waals surface area contributed by atoms with Gasteiger partial charge in [0.15, 0.2) is 0 Å². The molecule has 0 aliphatic heterocycles. The normalized spacial score (nSPS) is 10.5. The highest BCUT2D eigenvalue weighted by Gasteiger charge is 2.21. The molecule has 0 aliphatic carbocycles. The Labute approximate surface area is 122 Å². The number of ether oxygens (including phenoxy) is 1. The van der Waals surface area contributed by atoms with E-state index in [1.165, 1.54) is 17.4 Å². The quantitative estimate of drug-likeness (QED) is 0.854. The minimum absolute atomic E-state index is 0.226. The number of nitrogen functional groups attached to an aromatic ring is 1. The first-order chi connectivity index (χ1) is 9.04. The maximum absolute atomic E-state index is 13.9. The van der Waals surface area contributed by atoms with Crippen molar-refractivity contribution >= 4 is 38.2 Å². The summed E-state index contributed by atoms with van der Waals surface area (Å²) in [5.74, 6) is -0.942. The zero-order chi connectivity index (χ0) is 14.0. The molecule has 0 saturated carbocycles. The highest BCUT2D eigenvalue weighted by molar-refractivity contribution is 9.10. The van der Waals surface area contributed by atoms with Crippen LogP contribution in [0.4, 0.5) is 9.39 Å².